The second-order valence-electron chi connectivity index (χ2n) is 7.32. The molecule has 3 aromatic rings. The van der Waals surface area contributed by atoms with Crippen molar-refractivity contribution in [2.24, 2.45) is 0 Å². The highest BCUT2D eigenvalue weighted by molar-refractivity contribution is 5.75. The van der Waals surface area contributed by atoms with Crippen LogP contribution >= 0.6 is 0 Å². The standard InChI is InChI=1S/C25H28N2O2/c1-18(2)22-16-10-11-17-23(22)29-19(3)26-25(28)27-24(20-12-6-4-7-13-20)21-14-8-5-9-15-21/h4-19,24H,1-3H3,(H2,26,27,28). The third kappa shape index (κ3) is 5.61. The summed E-state index contributed by atoms with van der Waals surface area (Å²) in [5.74, 6) is 1.13. The molecule has 2 amide bonds. The van der Waals surface area contributed by atoms with Gasteiger partial charge >= 0.3 is 6.03 Å². The number of carbonyl (C=O) groups is 1. The van der Waals surface area contributed by atoms with Crippen LogP contribution in [0.25, 0.3) is 0 Å². The van der Waals surface area contributed by atoms with Crippen molar-refractivity contribution in [3.05, 3.63) is 102 Å². The third-order valence-electron chi connectivity index (χ3n) is 4.72. The Bertz CT molecular complexity index is 871. The van der Waals surface area contributed by atoms with E-state index in [-0.39, 0.29) is 12.1 Å². The molecule has 0 aliphatic heterocycles. The molecule has 4 nitrogen and oxygen atoms in total. The lowest BCUT2D eigenvalue weighted by molar-refractivity contribution is 0.174. The molecule has 0 radical (unpaired) electrons. The summed E-state index contributed by atoms with van der Waals surface area (Å²) in [6, 6.07) is 27.3. The molecule has 1 atom stereocenters. The summed E-state index contributed by atoms with van der Waals surface area (Å²) < 4.78 is 6.00. The molecule has 0 saturated carbocycles. The summed E-state index contributed by atoms with van der Waals surface area (Å²) in [5.41, 5.74) is 3.16. The molecule has 29 heavy (non-hydrogen) atoms. The molecule has 0 aromatic heterocycles. The fourth-order valence-electron chi connectivity index (χ4n) is 3.29. The van der Waals surface area contributed by atoms with E-state index in [2.05, 4.69) is 24.5 Å². The summed E-state index contributed by atoms with van der Waals surface area (Å²) in [5, 5.41) is 5.97. The number of hydrogen-bond donors (Lipinski definition) is 2. The Labute approximate surface area is 172 Å². The van der Waals surface area contributed by atoms with Gasteiger partial charge in [-0.25, -0.2) is 4.79 Å². The summed E-state index contributed by atoms with van der Waals surface area (Å²) in [6.07, 6.45) is -0.470. The topological polar surface area (TPSA) is 50.4 Å². The van der Waals surface area contributed by atoms with Gasteiger partial charge in [0.15, 0.2) is 6.23 Å². The van der Waals surface area contributed by atoms with Gasteiger partial charge in [-0.1, -0.05) is 92.7 Å². The first kappa shape index (κ1) is 20.5. The largest absolute Gasteiger partial charge is 0.471 e. The monoisotopic (exact) mass is 388 g/mol. The van der Waals surface area contributed by atoms with E-state index in [1.54, 1.807) is 0 Å². The fourth-order valence-corrected chi connectivity index (χ4v) is 3.29. The van der Waals surface area contributed by atoms with Crippen LogP contribution in [0.4, 0.5) is 4.79 Å². The van der Waals surface area contributed by atoms with Crippen LogP contribution in [-0.4, -0.2) is 12.3 Å². The smallest absolute Gasteiger partial charge is 0.318 e. The van der Waals surface area contributed by atoms with Crippen molar-refractivity contribution in [2.45, 2.75) is 39.0 Å². The van der Waals surface area contributed by atoms with E-state index >= 15 is 0 Å². The van der Waals surface area contributed by atoms with Gasteiger partial charge in [0.25, 0.3) is 0 Å². The van der Waals surface area contributed by atoms with Gasteiger partial charge in [0.1, 0.15) is 5.75 Å². The molecular formula is C25H28N2O2. The van der Waals surface area contributed by atoms with E-state index in [9.17, 15) is 4.79 Å². The second-order valence-corrected chi connectivity index (χ2v) is 7.32. The normalized spacial score (nSPS) is 11.9. The molecule has 2 N–H and O–H groups in total. The van der Waals surface area contributed by atoms with Crippen molar-refractivity contribution < 1.29 is 9.53 Å². The Morgan fingerprint density at radius 2 is 1.24 bits per heavy atom. The number of urea groups is 1. The van der Waals surface area contributed by atoms with Gasteiger partial charge in [-0.15, -0.1) is 0 Å². The van der Waals surface area contributed by atoms with Crippen LogP contribution in [0.1, 0.15) is 49.4 Å². The molecule has 1 unspecified atom stereocenters. The van der Waals surface area contributed by atoms with Gasteiger partial charge in [-0.2, -0.15) is 0 Å². The third-order valence-corrected chi connectivity index (χ3v) is 4.72. The fraction of sp³-hybridized carbons (Fsp3) is 0.240. The number of carbonyl (C=O) groups excluding carboxylic acids is 1. The number of amides is 2. The van der Waals surface area contributed by atoms with Crippen molar-refractivity contribution in [3.63, 3.8) is 0 Å². The lowest BCUT2D eigenvalue weighted by Crippen LogP contribution is -2.44. The SMILES string of the molecule is CC(NC(=O)NC(c1ccccc1)c1ccccc1)Oc1ccccc1C(C)C. The van der Waals surface area contributed by atoms with Crippen molar-refractivity contribution >= 4 is 6.03 Å². The first-order chi connectivity index (χ1) is 14.0. The van der Waals surface area contributed by atoms with E-state index in [1.807, 2.05) is 91.9 Å². The Hall–Kier alpha value is -3.27. The van der Waals surface area contributed by atoms with Crippen LogP contribution in [0.15, 0.2) is 84.9 Å². The minimum atomic E-state index is -0.470. The highest BCUT2D eigenvalue weighted by Crippen LogP contribution is 2.26. The highest BCUT2D eigenvalue weighted by Gasteiger charge is 2.18. The molecule has 0 heterocycles. The first-order valence-electron chi connectivity index (χ1n) is 9.97. The Balaban J connectivity index is 1.69. The van der Waals surface area contributed by atoms with Gasteiger partial charge < -0.3 is 15.4 Å². The summed E-state index contributed by atoms with van der Waals surface area (Å²) >= 11 is 0. The lowest BCUT2D eigenvalue weighted by Gasteiger charge is -2.23. The predicted molar refractivity (Wildman–Crippen MR) is 117 cm³/mol. The Morgan fingerprint density at radius 1 is 0.724 bits per heavy atom. The van der Waals surface area contributed by atoms with E-state index < -0.39 is 6.23 Å². The zero-order valence-corrected chi connectivity index (χ0v) is 17.1. The molecule has 0 aliphatic carbocycles. The minimum Gasteiger partial charge on any atom is -0.471 e. The Morgan fingerprint density at radius 3 is 1.79 bits per heavy atom. The van der Waals surface area contributed by atoms with Crippen LogP contribution in [0.5, 0.6) is 5.75 Å². The lowest BCUT2D eigenvalue weighted by atomic mass is 9.99. The van der Waals surface area contributed by atoms with Gasteiger partial charge in [0.05, 0.1) is 6.04 Å². The average Bonchev–Trinajstić information content (AvgIpc) is 2.73. The van der Waals surface area contributed by atoms with Crippen molar-refractivity contribution in [3.8, 4) is 5.75 Å². The number of nitrogens with one attached hydrogen (secondary N) is 2. The molecule has 0 bridgehead atoms. The average molecular weight is 389 g/mol. The van der Waals surface area contributed by atoms with Gasteiger partial charge in [-0.05, 0) is 35.6 Å². The van der Waals surface area contributed by atoms with Gasteiger partial charge in [0.2, 0.25) is 0 Å². The summed E-state index contributed by atoms with van der Waals surface area (Å²) in [6.45, 7) is 6.07. The highest BCUT2D eigenvalue weighted by atomic mass is 16.5. The van der Waals surface area contributed by atoms with Crippen molar-refractivity contribution in [1.82, 2.24) is 10.6 Å². The zero-order valence-electron chi connectivity index (χ0n) is 17.1. The van der Waals surface area contributed by atoms with Crippen LogP contribution in [0.2, 0.25) is 0 Å². The maximum Gasteiger partial charge on any atom is 0.318 e. The predicted octanol–water partition coefficient (Wildman–Crippen LogP) is 5.62. The molecule has 0 saturated heterocycles. The molecule has 3 rings (SSSR count). The van der Waals surface area contributed by atoms with E-state index in [1.165, 1.54) is 0 Å². The quantitative estimate of drug-likeness (QED) is 0.516. The number of ether oxygens (including phenoxy) is 1. The van der Waals surface area contributed by atoms with Crippen LogP contribution in [0.3, 0.4) is 0 Å². The maximum atomic E-state index is 12.7. The molecule has 4 heteroatoms. The molecule has 3 aromatic carbocycles. The number of benzene rings is 3. The number of rotatable bonds is 7. The molecule has 150 valence electrons. The maximum absolute atomic E-state index is 12.7. The van der Waals surface area contributed by atoms with Crippen LogP contribution in [0, 0.1) is 0 Å². The van der Waals surface area contributed by atoms with E-state index in [0.717, 1.165) is 22.4 Å². The zero-order chi connectivity index (χ0) is 20.6. The number of para-hydroxylation sites is 1. The molecular weight excluding hydrogens is 360 g/mol. The molecule has 0 aliphatic rings. The van der Waals surface area contributed by atoms with E-state index in [0.29, 0.717) is 5.92 Å². The van der Waals surface area contributed by atoms with Crippen molar-refractivity contribution in [1.29, 1.82) is 0 Å². The number of hydrogen-bond acceptors (Lipinski definition) is 2. The molecule has 0 spiro atoms. The summed E-state index contributed by atoms with van der Waals surface area (Å²) in [4.78, 5) is 12.7. The van der Waals surface area contributed by atoms with Crippen LogP contribution < -0.4 is 15.4 Å². The Kier molecular flexibility index (Phi) is 6.90. The van der Waals surface area contributed by atoms with Gasteiger partial charge in [-0.3, -0.25) is 0 Å². The van der Waals surface area contributed by atoms with Gasteiger partial charge in [0, 0.05) is 0 Å². The summed E-state index contributed by atoms with van der Waals surface area (Å²) in [7, 11) is 0. The molecule has 0 fully saturated rings. The van der Waals surface area contributed by atoms with Crippen molar-refractivity contribution in [2.75, 3.05) is 0 Å². The van der Waals surface area contributed by atoms with Crippen LogP contribution in [-0.2, 0) is 0 Å². The van der Waals surface area contributed by atoms with E-state index in [4.69, 9.17) is 4.74 Å². The second kappa shape index (κ2) is 9.78. The first-order valence-corrected chi connectivity index (χ1v) is 9.97. The minimum absolute atomic E-state index is 0.243.